The van der Waals surface area contributed by atoms with Crippen LogP contribution in [0.2, 0.25) is 0 Å². The highest BCUT2D eigenvalue weighted by Crippen LogP contribution is 2.19. The van der Waals surface area contributed by atoms with E-state index in [9.17, 15) is 0 Å². The summed E-state index contributed by atoms with van der Waals surface area (Å²) in [5.74, 6) is 1.37. The van der Waals surface area contributed by atoms with E-state index in [0.717, 1.165) is 12.3 Å². The van der Waals surface area contributed by atoms with Crippen LogP contribution in [0.4, 0.5) is 0 Å². The molecule has 0 N–H and O–H groups in total. The van der Waals surface area contributed by atoms with Crippen LogP contribution in [0.5, 0.6) is 0 Å². The Labute approximate surface area is 71.0 Å². The SMILES string of the molecule is C=CC(C)C(C)CCC(=C)C. The Morgan fingerprint density at radius 3 is 2.36 bits per heavy atom. The zero-order chi connectivity index (χ0) is 8.85. The van der Waals surface area contributed by atoms with Gasteiger partial charge in [0.15, 0.2) is 0 Å². The van der Waals surface area contributed by atoms with Gasteiger partial charge in [0.05, 0.1) is 0 Å². The molecule has 0 nitrogen and oxygen atoms in total. The lowest BCUT2D eigenvalue weighted by atomic mass is 9.91. The van der Waals surface area contributed by atoms with Gasteiger partial charge >= 0.3 is 0 Å². The summed E-state index contributed by atoms with van der Waals surface area (Å²) < 4.78 is 0. The number of allylic oxidation sites excluding steroid dienone is 2. The molecule has 0 radical (unpaired) electrons. The fourth-order valence-electron chi connectivity index (χ4n) is 0.969. The van der Waals surface area contributed by atoms with Crippen molar-refractivity contribution in [2.75, 3.05) is 0 Å². The molecule has 2 unspecified atom stereocenters. The van der Waals surface area contributed by atoms with Crippen LogP contribution in [0.3, 0.4) is 0 Å². The summed E-state index contributed by atoms with van der Waals surface area (Å²) in [6, 6.07) is 0. The predicted molar refractivity (Wildman–Crippen MR) is 52.6 cm³/mol. The van der Waals surface area contributed by atoms with Gasteiger partial charge < -0.3 is 0 Å². The van der Waals surface area contributed by atoms with E-state index in [-0.39, 0.29) is 0 Å². The topological polar surface area (TPSA) is 0 Å². The van der Waals surface area contributed by atoms with Gasteiger partial charge in [-0.1, -0.05) is 25.5 Å². The molecule has 0 rings (SSSR count). The highest BCUT2D eigenvalue weighted by Gasteiger charge is 2.07. The molecule has 2 atom stereocenters. The molecule has 0 aliphatic carbocycles. The van der Waals surface area contributed by atoms with Gasteiger partial charge in [-0.05, 0) is 31.6 Å². The van der Waals surface area contributed by atoms with Gasteiger partial charge in [0.1, 0.15) is 0 Å². The van der Waals surface area contributed by atoms with Crippen molar-refractivity contribution in [1.82, 2.24) is 0 Å². The first-order valence-electron chi connectivity index (χ1n) is 4.34. The monoisotopic (exact) mass is 152 g/mol. The fraction of sp³-hybridized carbons (Fsp3) is 0.636. The molecular formula is C11H20. The Kier molecular flexibility index (Phi) is 4.93. The molecular weight excluding hydrogens is 132 g/mol. The first-order chi connectivity index (χ1) is 5.07. The number of hydrogen-bond donors (Lipinski definition) is 0. The smallest absolute Gasteiger partial charge is 0.0239 e. The molecule has 11 heavy (non-hydrogen) atoms. The summed E-state index contributed by atoms with van der Waals surface area (Å²) in [5.41, 5.74) is 1.29. The lowest BCUT2D eigenvalue weighted by Crippen LogP contribution is -2.04. The van der Waals surface area contributed by atoms with E-state index in [0.29, 0.717) is 5.92 Å². The molecule has 0 fully saturated rings. The van der Waals surface area contributed by atoms with Gasteiger partial charge in [-0.3, -0.25) is 0 Å². The standard InChI is InChI=1S/C11H20/c1-6-10(4)11(5)8-7-9(2)3/h6,10-11H,1-2,7-8H2,3-5H3. The Morgan fingerprint density at radius 1 is 1.45 bits per heavy atom. The summed E-state index contributed by atoms with van der Waals surface area (Å²) in [6.07, 6.45) is 4.42. The molecule has 0 saturated heterocycles. The minimum atomic E-state index is 0.634. The van der Waals surface area contributed by atoms with E-state index < -0.39 is 0 Å². The van der Waals surface area contributed by atoms with Crippen molar-refractivity contribution < 1.29 is 0 Å². The lowest BCUT2D eigenvalue weighted by molar-refractivity contribution is 0.428. The van der Waals surface area contributed by atoms with Gasteiger partial charge in [-0.25, -0.2) is 0 Å². The van der Waals surface area contributed by atoms with Crippen molar-refractivity contribution >= 4 is 0 Å². The summed E-state index contributed by atoms with van der Waals surface area (Å²) in [7, 11) is 0. The van der Waals surface area contributed by atoms with E-state index in [1.807, 2.05) is 6.08 Å². The number of rotatable bonds is 5. The first kappa shape index (κ1) is 10.5. The maximum Gasteiger partial charge on any atom is -0.0239 e. The highest BCUT2D eigenvalue weighted by atomic mass is 14.1. The molecule has 0 aromatic carbocycles. The Hall–Kier alpha value is -0.520. The maximum atomic E-state index is 3.89. The second-order valence-corrected chi connectivity index (χ2v) is 3.57. The maximum absolute atomic E-state index is 3.89. The minimum absolute atomic E-state index is 0.634. The average Bonchev–Trinajstić information content (AvgIpc) is 1.98. The Morgan fingerprint density at radius 2 is 2.00 bits per heavy atom. The van der Waals surface area contributed by atoms with Crippen molar-refractivity contribution in [1.29, 1.82) is 0 Å². The third-order valence-corrected chi connectivity index (χ3v) is 2.30. The molecule has 0 aliphatic heterocycles. The summed E-state index contributed by atoms with van der Waals surface area (Å²) in [4.78, 5) is 0. The molecule has 0 amide bonds. The highest BCUT2D eigenvalue weighted by molar-refractivity contribution is 4.89. The van der Waals surface area contributed by atoms with Crippen molar-refractivity contribution in [3.8, 4) is 0 Å². The van der Waals surface area contributed by atoms with Crippen LogP contribution in [-0.2, 0) is 0 Å². The van der Waals surface area contributed by atoms with Crippen LogP contribution in [-0.4, -0.2) is 0 Å². The molecule has 0 aliphatic rings. The van der Waals surface area contributed by atoms with Crippen LogP contribution in [0.25, 0.3) is 0 Å². The van der Waals surface area contributed by atoms with Crippen molar-refractivity contribution in [3.63, 3.8) is 0 Å². The molecule has 0 aromatic rings. The number of hydrogen-bond acceptors (Lipinski definition) is 0. The van der Waals surface area contributed by atoms with Gasteiger partial charge in [0, 0.05) is 0 Å². The van der Waals surface area contributed by atoms with Crippen LogP contribution < -0.4 is 0 Å². The Balaban J connectivity index is 3.59. The Bertz CT molecular complexity index is 133. The molecule has 0 saturated carbocycles. The van der Waals surface area contributed by atoms with E-state index in [2.05, 4.69) is 33.9 Å². The zero-order valence-corrected chi connectivity index (χ0v) is 8.06. The second-order valence-electron chi connectivity index (χ2n) is 3.57. The van der Waals surface area contributed by atoms with Gasteiger partial charge in [0.25, 0.3) is 0 Å². The first-order valence-corrected chi connectivity index (χ1v) is 4.34. The quantitative estimate of drug-likeness (QED) is 0.526. The van der Waals surface area contributed by atoms with Crippen LogP contribution in [0.1, 0.15) is 33.6 Å². The van der Waals surface area contributed by atoms with Crippen LogP contribution in [0.15, 0.2) is 24.8 Å². The van der Waals surface area contributed by atoms with Crippen molar-refractivity contribution in [2.45, 2.75) is 33.6 Å². The summed E-state index contributed by atoms with van der Waals surface area (Å²) >= 11 is 0. The third kappa shape index (κ3) is 4.83. The van der Waals surface area contributed by atoms with E-state index in [1.165, 1.54) is 12.0 Å². The van der Waals surface area contributed by atoms with E-state index in [4.69, 9.17) is 0 Å². The molecule has 0 aromatic heterocycles. The second kappa shape index (κ2) is 5.17. The summed E-state index contributed by atoms with van der Waals surface area (Å²) in [6.45, 7) is 14.3. The van der Waals surface area contributed by atoms with Gasteiger partial charge in [-0.15, -0.1) is 13.2 Å². The van der Waals surface area contributed by atoms with Gasteiger partial charge in [0.2, 0.25) is 0 Å². The van der Waals surface area contributed by atoms with Gasteiger partial charge in [-0.2, -0.15) is 0 Å². The van der Waals surface area contributed by atoms with Crippen molar-refractivity contribution in [2.24, 2.45) is 11.8 Å². The third-order valence-electron chi connectivity index (χ3n) is 2.30. The largest absolute Gasteiger partial charge is 0.103 e. The van der Waals surface area contributed by atoms with Crippen LogP contribution >= 0.6 is 0 Å². The normalized spacial score (nSPS) is 15.5. The minimum Gasteiger partial charge on any atom is -0.103 e. The lowest BCUT2D eigenvalue weighted by Gasteiger charge is -2.15. The summed E-state index contributed by atoms with van der Waals surface area (Å²) in [5, 5.41) is 0. The molecule has 0 heteroatoms. The van der Waals surface area contributed by atoms with Crippen molar-refractivity contribution in [3.05, 3.63) is 24.8 Å². The predicted octanol–water partition coefficient (Wildman–Crippen LogP) is 3.80. The molecule has 0 spiro atoms. The van der Waals surface area contributed by atoms with E-state index >= 15 is 0 Å². The van der Waals surface area contributed by atoms with Crippen LogP contribution in [0, 0.1) is 11.8 Å². The fourth-order valence-corrected chi connectivity index (χ4v) is 0.969. The zero-order valence-electron chi connectivity index (χ0n) is 8.06. The molecule has 64 valence electrons. The van der Waals surface area contributed by atoms with E-state index in [1.54, 1.807) is 0 Å². The molecule has 0 bridgehead atoms. The molecule has 0 heterocycles. The average molecular weight is 152 g/mol.